The quantitative estimate of drug-likeness (QED) is 0.620. The summed E-state index contributed by atoms with van der Waals surface area (Å²) in [6.45, 7) is 2.32. The van der Waals surface area contributed by atoms with Crippen molar-refractivity contribution in [2.75, 3.05) is 19.4 Å². The Morgan fingerprint density at radius 2 is 1.96 bits per heavy atom. The molecule has 5 heteroatoms. The van der Waals surface area contributed by atoms with Gasteiger partial charge >= 0.3 is 0 Å². The van der Waals surface area contributed by atoms with Crippen LogP contribution in [0.25, 0.3) is 6.08 Å². The van der Waals surface area contributed by atoms with Gasteiger partial charge in [0.15, 0.2) is 0 Å². The number of methoxy groups -OCH3 is 1. The molecule has 24 heavy (non-hydrogen) atoms. The molecule has 0 bridgehead atoms. The van der Waals surface area contributed by atoms with Crippen molar-refractivity contribution >= 4 is 29.3 Å². The molecule has 0 heterocycles. The highest BCUT2D eigenvalue weighted by molar-refractivity contribution is 6.30. The second-order valence-electron chi connectivity index (χ2n) is 5.45. The molecule has 0 aliphatic rings. The summed E-state index contributed by atoms with van der Waals surface area (Å²) in [5, 5.41) is 3.48. The molecule has 0 aromatic heterocycles. The highest BCUT2D eigenvalue weighted by Crippen LogP contribution is 2.20. The van der Waals surface area contributed by atoms with Crippen LogP contribution in [0.4, 0.5) is 5.69 Å². The molecule has 0 spiro atoms. The number of carbonyl (C=O) groups excluding carboxylic acids is 1. The van der Waals surface area contributed by atoms with Gasteiger partial charge in [-0.05, 0) is 54.8 Å². The number of benzene rings is 2. The average Bonchev–Trinajstić information content (AvgIpc) is 2.57. The van der Waals surface area contributed by atoms with Crippen LogP contribution in [0.15, 0.2) is 48.0 Å². The summed E-state index contributed by atoms with van der Waals surface area (Å²) < 4.78 is 5.12. The summed E-state index contributed by atoms with van der Waals surface area (Å²) in [4.78, 5) is 12.1. The first-order valence-electron chi connectivity index (χ1n) is 7.64. The molecule has 0 saturated carbocycles. The van der Waals surface area contributed by atoms with E-state index in [-0.39, 0.29) is 5.91 Å². The number of carbonyl (C=O) groups is 1. The van der Waals surface area contributed by atoms with Gasteiger partial charge in [-0.15, -0.1) is 0 Å². The number of rotatable bonds is 6. The first-order chi connectivity index (χ1) is 11.5. The topological polar surface area (TPSA) is 64.3 Å². The number of nitrogen functional groups attached to an aromatic ring is 1. The van der Waals surface area contributed by atoms with Crippen LogP contribution in [-0.4, -0.2) is 19.6 Å². The maximum atomic E-state index is 12.1. The Balaban J connectivity index is 1.90. The lowest BCUT2D eigenvalue weighted by Gasteiger charge is -2.07. The third-order valence-electron chi connectivity index (χ3n) is 3.64. The second-order valence-corrected chi connectivity index (χ2v) is 5.89. The average molecular weight is 345 g/mol. The molecule has 2 aromatic carbocycles. The molecule has 0 aliphatic heterocycles. The Bertz CT molecular complexity index is 740. The van der Waals surface area contributed by atoms with E-state index in [4.69, 9.17) is 22.1 Å². The van der Waals surface area contributed by atoms with Gasteiger partial charge in [-0.1, -0.05) is 29.8 Å². The maximum absolute atomic E-state index is 12.1. The zero-order valence-corrected chi connectivity index (χ0v) is 14.6. The van der Waals surface area contributed by atoms with E-state index in [9.17, 15) is 4.79 Å². The Morgan fingerprint density at radius 1 is 1.25 bits per heavy atom. The lowest BCUT2D eigenvalue weighted by molar-refractivity contribution is -0.117. The molecule has 0 saturated heterocycles. The number of ether oxygens (including phenoxy) is 1. The molecular formula is C19H21ClN2O2. The Hall–Kier alpha value is -2.46. The van der Waals surface area contributed by atoms with Gasteiger partial charge in [-0.3, -0.25) is 4.79 Å². The molecule has 0 unspecified atom stereocenters. The fourth-order valence-corrected chi connectivity index (χ4v) is 2.41. The Kier molecular flexibility index (Phi) is 6.27. The van der Waals surface area contributed by atoms with Crippen LogP contribution in [0.3, 0.4) is 0 Å². The second kappa shape index (κ2) is 8.41. The van der Waals surface area contributed by atoms with Crippen molar-refractivity contribution in [1.82, 2.24) is 5.32 Å². The largest absolute Gasteiger partial charge is 0.497 e. The van der Waals surface area contributed by atoms with Gasteiger partial charge in [-0.25, -0.2) is 0 Å². The number of hydrogen-bond donors (Lipinski definition) is 2. The maximum Gasteiger partial charge on any atom is 0.246 e. The van der Waals surface area contributed by atoms with Crippen molar-refractivity contribution in [2.45, 2.75) is 13.3 Å². The van der Waals surface area contributed by atoms with E-state index in [1.807, 2.05) is 24.3 Å². The smallest absolute Gasteiger partial charge is 0.246 e. The van der Waals surface area contributed by atoms with Crippen molar-refractivity contribution < 1.29 is 9.53 Å². The van der Waals surface area contributed by atoms with Crippen LogP contribution in [0, 0.1) is 0 Å². The van der Waals surface area contributed by atoms with E-state index in [1.165, 1.54) is 0 Å². The molecule has 0 radical (unpaired) electrons. The van der Waals surface area contributed by atoms with Gasteiger partial charge < -0.3 is 15.8 Å². The summed E-state index contributed by atoms with van der Waals surface area (Å²) in [7, 11) is 1.64. The number of nitrogens with two attached hydrogens (primary N) is 1. The van der Waals surface area contributed by atoms with Crippen molar-refractivity contribution in [2.24, 2.45) is 0 Å². The van der Waals surface area contributed by atoms with E-state index < -0.39 is 0 Å². The normalized spacial score (nSPS) is 11.2. The highest BCUT2D eigenvalue weighted by Gasteiger charge is 2.05. The van der Waals surface area contributed by atoms with Crippen molar-refractivity contribution in [3.05, 3.63) is 64.2 Å². The van der Waals surface area contributed by atoms with E-state index >= 15 is 0 Å². The zero-order valence-electron chi connectivity index (χ0n) is 13.8. The van der Waals surface area contributed by atoms with Crippen LogP contribution in [0.2, 0.25) is 5.02 Å². The fourth-order valence-electron chi connectivity index (χ4n) is 2.23. The monoisotopic (exact) mass is 344 g/mol. The van der Waals surface area contributed by atoms with E-state index in [2.05, 4.69) is 5.32 Å². The minimum Gasteiger partial charge on any atom is -0.497 e. The van der Waals surface area contributed by atoms with Crippen LogP contribution >= 0.6 is 11.6 Å². The molecule has 4 nitrogen and oxygen atoms in total. The van der Waals surface area contributed by atoms with Crippen LogP contribution in [0.5, 0.6) is 5.75 Å². The van der Waals surface area contributed by atoms with Crippen molar-refractivity contribution in [3.8, 4) is 5.75 Å². The molecule has 1 amide bonds. The number of amides is 1. The van der Waals surface area contributed by atoms with Gasteiger partial charge in [-0.2, -0.15) is 0 Å². The SMILES string of the molecule is COc1ccc(CCNC(=O)/C(C)=C/c2ccc(Cl)cc2N)cc1. The predicted octanol–water partition coefficient (Wildman–Crippen LogP) is 3.69. The highest BCUT2D eigenvalue weighted by atomic mass is 35.5. The van der Waals surface area contributed by atoms with Gasteiger partial charge in [0.05, 0.1) is 7.11 Å². The molecule has 2 rings (SSSR count). The lowest BCUT2D eigenvalue weighted by atomic mass is 10.1. The number of anilines is 1. The predicted molar refractivity (Wildman–Crippen MR) is 99.2 cm³/mol. The van der Waals surface area contributed by atoms with E-state index in [0.29, 0.717) is 22.8 Å². The fraction of sp³-hybridized carbons (Fsp3) is 0.211. The zero-order chi connectivity index (χ0) is 17.5. The van der Waals surface area contributed by atoms with Gasteiger partial charge in [0.1, 0.15) is 5.75 Å². The Morgan fingerprint density at radius 3 is 2.58 bits per heavy atom. The van der Waals surface area contributed by atoms with E-state index in [0.717, 1.165) is 23.3 Å². The van der Waals surface area contributed by atoms with Crippen LogP contribution < -0.4 is 15.8 Å². The van der Waals surface area contributed by atoms with Crippen LogP contribution in [-0.2, 0) is 11.2 Å². The Labute approximate surface area is 147 Å². The number of hydrogen-bond acceptors (Lipinski definition) is 3. The molecule has 0 aliphatic carbocycles. The number of nitrogens with one attached hydrogen (secondary N) is 1. The third-order valence-corrected chi connectivity index (χ3v) is 3.87. The molecule has 3 N–H and O–H groups in total. The summed E-state index contributed by atoms with van der Waals surface area (Å²) in [6, 6.07) is 13.0. The first-order valence-corrected chi connectivity index (χ1v) is 8.02. The van der Waals surface area contributed by atoms with Crippen molar-refractivity contribution in [1.29, 1.82) is 0 Å². The summed E-state index contributed by atoms with van der Waals surface area (Å²) in [5.41, 5.74) is 8.96. The van der Waals surface area contributed by atoms with Crippen LogP contribution in [0.1, 0.15) is 18.1 Å². The lowest BCUT2D eigenvalue weighted by Crippen LogP contribution is -2.26. The molecule has 2 aromatic rings. The minimum absolute atomic E-state index is 0.113. The van der Waals surface area contributed by atoms with Gasteiger partial charge in [0.25, 0.3) is 0 Å². The molecular weight excluding hydrogens is 324 g/mol. The summed E-state index contributed by atoms with van der Waals surface area (Å²) in [6.07, 6.45) is 2.51. The standard InChI is InChI=1S/C19H21ClN2O2/c1-13(11-15-5-6-16(20)12-18(15)21)19(23)22-10-9-14-3-7-17(24-2)8-4-14/h3-8,11-12H,9-10,21H2,1-2H3,(H,22,23)/b13-11+. The summed E-state index contributed by atoms with van der Waals surface area (Å²) in [5.74, 6) is 0.708. The number of halogens is 1. The summed E-state index contributed by atoms with van der Waals surface area (Å²) >= 11 is 5.87. The van der Waals surface area contributed by atoms with Gasteiger partial charge in [0.2, 0.25) is 5.91 Å². The van der Waals surface area contributed by atoms with Crippen molar-refractivity contribution in [3.63, 3.8) is 0 Å². The minimum atomic E-state index is -0.113. The molecule has 0 atom stereocenters. The first kappa shape index (κ1) is 17.9. The molecule has 0 fully saturated rings. The third kappa shape index (κ3) is 5.03. The van der Waals surface area contributed by atoms with Gasteiger partial charge in [0, 0.05) is 22.8 Å². The van der Waals surface area contributed by atoms with E-state index in [1.54, 1.807) is 38.3 Å². The molecule has 126 valence electrons.